The summed E-state index contributed by atoms with van der Waals surface area (Å²) in [6.07, 6.45) is -0.315. The van der Waals surface area contributed by atoms with Gasteiger partial charge in [0.05, 0.1) is 7.11 Å². The molecule has 0 fully saturated rings. The Bertz CT molecular complexity index is 457. The second kappa shape index (κ2) is 4.73. The van der Waals surface area contributed by atoms with Gasteiger partial charge in [-0.2, -0.15) is 0 Å². The Labute approximate surface area is 97.5 Å². The van der Waals surface area contributed by atoms with Crippen LogP contribution in [0, 0.1) is 0 Å². The molecule has 2 rings (SSSR count). The number of methoxy groups -OCH3 is 1. The van der Waals surface area contributed by atoms with E-state index in [1.165, 1.54) is 7.11 Å². The van der Waals surface area contributed by atoms with Crippen molar-refractivity contribution in [2.45, 2.75) is 6.42 Å². The molecule has 1 amide bonds. The third-order valence-corrected chi connectivity index (χ3v) is 2.19. The van der Waals surface area contributed by atoms with Crippen molar-refractivity contribution in [3.05, 3.63) is 18.2 Å². The summed E-state index contributed by atoms with van der Waals surface area (Å²) in [5.74, 6) is 0.191. The van der Waals surface area contributed by atoms with Crippen LogP contribution in [0.3, 0.4) is 0 Å². The van der Waals surface area contributed by atoms with Crippen LogP contribution < -0.4 is 14.8 Å². The van der Waals surface area contributed by atoms with Crippen molar-refractivity contribution in [2.24, 2.45) is 0 Å². The summed E-state index contributed by atoms with van der Waals surface area (Å²) in [5, 5.41) is 2.56. The number of anilines is 1. The molecule has 0 spiro atoms. The van der Waals surface area contributed by atoms with Crippen molar-refractivity contribution in [1.82, 2.24) is 0 Å². The maximum absolute atomic E-state index is 11.4. The number of hydrogen-bond acceptors (Lipinski definition) is 5. The molecule has 1 N–H and O–H groups in total. The molecule has 0 atom stereocenters. The van der Waals surface area contributed by atoms with E-state index in [9.17, 15) is 9.59 Å². The SMILES string of the molecule is COC(=O)CC(=O)Nc1ccc2c(c1)OCO2. The highest BCUT2D eigenvalue weighted by atomic mass is 16.7. The molecule has 0 saturated carbocycles. The number of esters is 1. The summed E-state index contributed by atoms with van der Waals surface area (Å²) in [6, 6.07) is 5.00. The molecule has 0 radical (unpaired) electrons. The number of carbonyl (C=O) groups excluding carboxylic acids is 2. The van der Waals surface area contributed by atoms with E-state index in [4.69, 9.17) is 9.47 Å². The van der Waals surface area contributed by atoms with Crippen LogP contribution in [0.15, 0.2) is 18.2 Å². The second-order valence-electron chi connectivity index (χ2n) is 3.37. The van der Waals surface area contributed by atoms with Gasteiger partial charge in [-0.25, -0.2) is 0 Å². The lowest BCUT2D eigenvalue weighted by molar-refractivity contribution is -0.142. The van der Waals surface area contributed by atoms with E-state index in [1.807, 2.05) is 0 Å². The Kier molecular flexibility index (Phi) is 3.13. The first-order valence-corrected chi connectivity index (χ1v) is 4.95. The van der Waals surface area contributed by atoms with Crippen molar-refractivity contribution in [1.29, 1.82) is 0 Å². The van der Waals surface area contributed by atoms with Crippen LogP contribution in [0.5, 0.6) is 11.5 Å². The van der Waals surface area contributed by atoms with Gasteiger partial charge in [-0.3, -0.25) is 9.59 Å². The lowest BCUT2D eigenvalue weighted by atomic mass is 10.2. The number of benzene rings is 1. The number of nitrogens with one attached hydrogen (secondary N) is 1. The van der Waals surface area contributed by atoms with Gasteiger partial charge in [0, 0.05) is 11.8 Å². The molecule has 17 heavy (non-hydrogen) atoms. The van der Waals surface area contributed by atoms with Crippen molar-refractivity contribution in [3.63, 3.8) is 0 Å². The molecule has 1 heterocycles. The van der Waals surface area contributed by atoms with Gasteiger partial charge in [-0.1, -0.05) is 0 Å². The number of fused-ring (bicyclic) bond motifs is 1. The summed E-state index contributed by atoms with van der Waals surface area (Å²) in [5.41, 5.74) is 0.545. The maximum atomic E-state index is 11.4. The zero-order chi connectivity index (χ0) is 12.3. The Morgan fingerprint density at radius 3 is 2.88 bits per heavy atom. The first kappa shape index (κ1) is 11.3. The van der Waals surface area contributed by atoms with Crippen molar-refractivity contribution < 1.29 is 23.8 Å². The zero-order valence-corrected chi connectivity index (χ0v) is 9.19. The predicted octanol–water partition coefficient (Wildman–Crippen LogP) is 0.917. The Morgan fingerprint density at radius 1 is 1.35 bits per heavy atom. The van der Waals surface area contributed by atoms with Gasteiger partial charge in [0.25, 0.3) is 0 Å². The molecule has 6 nitrogen and oxygen atoms in total. The minimum atomic E-state index is -0.580. The fourth-order valence-corrected chi connectivity index (χ4v) is 1.38. The van der Waals surface area contributed by atoms with Gasteiger partial charge in [0.15, 0.2) is 11.5 Å². The lowest BCUT2D eigenvalue weighted by Gasteiger charge is -2.05. The fraction of sp³-hybridized carbons (Fsp3) is 0.273. The highest BCUT2D eigenvalue weighted by Crippen LogP contribution is 2.34. The Hall–Kier alpha value is -2.24. The van der Waals surface area contributed by atoms with Crippen molar-refractivity contribution in [2.75, 3.05) is 19.2 Å². The number of hydrogen-bond donors (Lipinski definition) is 1. The van der Waals surface area contributed by atoms with Crippen LogP contribution in [-0.4, -0.2) is 25.8 Å². The van der Waals surface area contributed by atoms with Gasteiger partial charge in [0.2, 0.25) is 12.7 Å². The van der Waals surface area contributed by atoms with E-state index in [2.05, 4.69) is 10.1 Å². The summed E-state index contributed by atoms with van der Waals surface area (Å²) >= 11 is 0. The van der Waals surface area contributed by atoms with Gasteiger partial charge in [-0.05, 0) is 12.1 Å². The summed E-state index contributed by atoms with van der Waals surface area (Å²) in [4.78, 5) is 22.3. The molecule has 0 unspecified atom stereocenters. The van der Waals surface area contributed by atoms with E-state index in [0.717, 1.165) is 0 Å². The Morgan fingerprint density at radius 2 is 2.12 bits per heavy atom. The number of rotatable bonds is 3. The molecule has 0 aromatic heterocycles. The topological polar surface area (TPSA) is 73.9 Å². The average Bonchev–Trinajstić information content (AvgIpc) is 2.75. The normalized spacial score (nSPS) is 12.1. The minimum Gasteiger partial charge on any atom is -0.469 e. The predicted molar refractivity (Wildman–Crippen MR) is 57.8 cm³/mol. The van der Waals surface area contributed by atoms with Gasteiger partial charge >= 0.3 is 5.97 Å². The van der Waals surface area contributed by atoms with E-state index < -0.39 is 11.9 Å². The number of ether oxygens (including phenoxy) is 3. The van der Waals surface area contributed by atoms with E-state index >= 15 is 0 Å². The Balaban J connectivity index is 1.99. The van der Waals surface area contributed by atoms with Crippen LogP contribution in [-0.2, 0) is 14.3 Å². The fourth-order valence-electron chi connectivity index (χ4n) is 1.38. The summed E-state index contributed by atoms with van der Waals surface area (Å²) in [6.45, 7) is 0.175. The first-order chi connectivity index (χ1) is 8.19. The van der Waals surface area contributed by atoms with Crippen molar-refractivity contribution in [3.8, 4) is 11.5 Å². The molecule has 1 aliphatic rings. The second-order valence-corrected chi connectivity index (χ2v) is 3.37. The van der Waals surface area contributed by atoms with E-state index in [1.54, 1.807) is 18.2 Å². The molecular weight excluding hydrogens is 226 g/mol. The highest BCUT2D eigenvalue weighted by molar-refractivity contribution is 6.01. The quantitative estimate of drug-likeness (QED) is 0.625. The molecule has 90 valence electrons. The van der Waals surface area contributed by atoms with Crippen LogP contribution in [0.1, 0.15) is 6.42 Å². The molecule has 1 aliphatic heterocycles. The zero-order valence-electron chi connectivity index (χ0n) is 9.19. The number of amides is 1. The molecule has 0 aliphatic carbocycles. The minimum absolute atomic E-state index is 0.175. The van der Waals surface area contributed by atoms with Crippen LogP contribution in [0.2, 0.25) is 0 Å². The third-order valence-electron chi connectivity index (χ3n) is 2.19. The highest BCUT2D eigenvalue weighted by Gasteiger charge is 2.15. The first-order valence-electron chi connectivity index (χ1n) is 4.95. The monoisotopic (exact) mass is 237 g/mol. The summed E-state index contributed by atoms with van der Waals surface area (Å²) < 4.78 is 14.7. The van der Waals surface area contributed by atoms with Crippen LogP contribution >= 0.6 is 0 Å². The van der Waals surface area contributed by atoms with Crippen molar-refractivity contribution >= 4 is 17.6 Å². The summed E-state index contributed by atoms with van der Waals surface area (Å²) in [7, 11) is 1.23. The lowest BCUT2D eigenvalue weighted by Crippen LogP contribution is -2.17. The largest absolute Gasteiger partial charge is 0.469 e. The third kappa shape index (κ3) is 2.66. The van der Waals surface area contributed by atoms with Gasteiger partial charge in [-0.15, -0.1) is 0 Å². The molecule has 0 saturated heterocycles. The van der Waals surface area contributed by atoms with E-state index in [-0.39, 0.29) is 13.2 Å². The molecule has 6 heteroatoms. The molecule has 0 bridgehead atoms. The standard InChI is InChI=1S/C11H11NO5/c1-15-11(14)5-10(13)12-7-2-3-8-9(4-7)17-6-16-8/h2-4H,5-6H2,1H3,(H,12,13). The molecular formula is C11H11NO5. The van der Waals surface area contributed by atoms with E-state index in [0.29, 0.717) is 17.2 Å². The van der Waals surface area contributed by atoms with Crippen LogP contribution in [0.25, 0.3) is 0 Å². The molecule has 1 aromatic rings. The maximum Gasteiger partial charge on any atom is 0.315 e. The van der Waals surface area contributed by atoms with Gasteiger partial charge in [0.1, 0.15) is 6.42 Å². The van der Waals surface area contributed by atoms with Crippen LogP contribution in [0.4, 0.5) is 5.69 Å². The molecule has 1 aromatic carbocycles. The average molecular weight is 237 g/mol. The number of carbonyl (C=O) groups is 2. The smallest absolute Gasteiger partial charge is 0.315 e. The van der Waals surface area contributed by atoms with Gasteiger partial charge < -0.3 is 19.5 Å².